The van der Waals surface area contributed by atoms with Crippen LogP contribution in [0.5, 0.6) is 0 Å². The van der Waals surface area contributed by atoms with Gasteiger partial charge in [-0.2, -0.15) is 5.10 Å². The summed E-state index contributed by atoms with van der Waals surface area (Å²) < 4.78 is 1.88. The van der Waals surface area contributed by atoms with Gasteiger partial charge in [0, 0.05) is 40.2 Å². The number of nitrogens with one attached hydrogen (secondary N) is 2. The Labute approximate surface area is 186 Å². The summed E-state index contributed by atoms with van der Waals surface area (Å²) in [7, 11) is 0. The lowest BCUT2D eigenvalue weighted by atomic mass is 10.1. The molecule has 0 aliphatic heterocycles. The third-order valence-corrected chi connectivity index (χ3v) is 5.22. The molecule has 0 unspecified atom stereocenters. The number of aryl methyl sites for hydroxylation is 1. The SMILES string of the molecule is CCNC(=O)c1cccc(NC(=O)/C=C/c2c(C)nn(Cc3ccccc3Cl)c2C)c1. The van der Waals surface area contributed by atoms with E-state index in [4.69, 9.17) is 11.6 Å². The molecule has 1 aromatic heterocycles. The van der Waals surface area contributed by atoms with E-state index in [1.807, 2.05) is 49.7 Å². The molecule has 0 aliphatic rings. The molecular weight excluding hydrogens is 412 g/mol. The molecule has 0 atom stereocenters. The second kappa shape index (κ2) is 10.1. The van der Waals surface area contributed by atoms with Gasteiger partial charge in [0.05, 0.1) is 12.2 Å². The van der Waals surface area contributed by atoms with Crippen LogP contribution in [0.25, 0.3) is 6.08 Å². The molecule has 3 aromatic rings. The number of carbonyl (C=O) groups is 2. The number of nitrogens with zero attached hydrogens (tertiary/aromatic N) is 2. The molecule has 3 rings (SSSR count). The zero-order chi connectivity index (χ0) is 22.4. The fourth-order valence-electron chi connectivity index (χ4n) is 3.24. The number of benzene rings is 2. The van der Waals surface area contributed by atoms with Crippen molar-refractivity contribution in [2.45, 2.75) is 27.3 Å². The Morgan fingerprint density at radius 1 is 1.13 bits per heavy atom. The van der Waals surface area contributed by atoms with E-state index in [-0.39, 0.29) is 11.8 Å². The van der Waals surface area contributed by atoms with Crippen molar-refractivity contribution in [1.29, 1.82) is 0 Å². The predicted molar refractivity (Wildman–Crippen MR) is 124 cm³/mol. The zero-order valence-electron chi connectivity index (χ0n) is 17.8. The lowest BCUT2D eigenvalue weighted by Gasteiger charge is -2.07. The summed E-state index contributed by atoms with van der Waals surface area (Å²) in [6.07, 6.45) is 3.22. The standard InChI is InChI=1S/C24H25ClN4O2/c1-4-26-24(31)18-9-7-10-20(14-18)27-23(30)13-12-21-16(2)28-29(17(21)3)15-19-8-5-6-11-22(19)25/h5-14H,4,15H2,1-3H3,(H,26,31)(H,27,30)/b13-12+. The van der Waals surface area contributed by atoms with Gasteiger partial charge in [-0.05, 0) is 56.7 Å². The van der Waals surface area contributed by atoms with Gasteiger partial charge < -0.3 is 10.6 Å². The molecule has 31 heavy (non-hydrogen) atoms. The van der Waals surface area contributed by atoms with Gasteiger partial charge in [0.1, 0.15) is 0 Å². The van der Waals surface area contributed by atoms with Gasteiger partial charge in [-0.3, -0.25) is 14.3 Å². The van der Waals surface area contributed by atoms with Crippen LogP contribution < -0.4 is 10.6 Å². The zero-order valence-corrected chi connectivity index (χ0v) is 18.5. The predicted octanol–water partition coefficient (Wildman–Crippen LogP) is 4.60. The van der Waals surface area contributed by atoms with Crippen molar-refractivity contribution in [3.05, 3.63) is 87.7 Å². The highest BCUT2D eigenvalue weighted by Gasteiger charge is 2.11. The number of rotatable bonds is 7. The molecule has 0 aliphatic carbocycles. The van der Waals surface area contributed by atoms with Gasteiger partial charge in [-0.15, -0.1) is 0 Å². The van der Waals surface area contributed by atoms with Crippen molar-refractivity contribution >= 4 is 35.2 Å². The third kappa shape index (κ3) is 5.61. The fraction of sp³-hybridized carbons (Fsp3) is 0.208. The molecule has 7 heteroatoms. The number of anilines is 1. The summed E-state index contributed by atoms with van der Waals surface area (Å²) in [6, 6.07) is 14.5. The molecule has 0 saturated carbocycles. The van der Waals surface area contributed by atoms with E-state index in [2.05, 4.69) is 15.7 Å². The molecule has 6 nitrogen and oxygen atoms in total. The maximum atomic E-state index is 12.4. The highest BCUT2D eigenvalue weighted by molar-refractivity contribution is 6.31. The Bertz CT molecular complexity index is 1130. The lowest BCUT2D eigenvalue weighted by molar-refractivity contribution is -0.111. The molecule has 2 amide bonds. The van der Waals surface area contributed by atoms with Gasteiger partial charge in [0.25, 0.3) is 5.91 Å². The van der Waals surface area contributed by atoms with E-state index >= 15 is 0 Å². The van der Waals surface area contributed by atoms with E-state index in [0.29, 0.717) is 29.4 Å². The molecule has 160 valence electrons. The number of amides is 2. The van der Waals surface area contributed by atoms with E-state index in [1.165, 1.54) is 6.08 Å². The second-order valence-electron chi connectivity index (χ2n) is 7.10. The van der Waals surface area contributed by atoms with Gasteiger partial charge in [-0.1, -0.05) is 35.9 Å². The number of carbonyl (C=O) groups excluding carboxylic acids is 2. The van der Waals surface area contributed by atoms with Crippen LogP contribution in [0.2, 0.25) is 5.02 Å². The Morgan fingerprint density at radius 2 is 1.90 bits per heavy atom. The molecule has 0 spiro atoms. The second-order valence-corrected chi connectivity index (χ2v) is 7.50. The van der Waals surface area contributed by atoms with Crippen LogP contribution in [0, 0.1) is 13.8 Å². The van der Waals surface area contributed by atoms with Crippen LogP contribution in [-0.2, 0) is 11.3 Å². The first kappa shape index (κ1) is 22.3. The molecule has 2 N–H and O–H groups in total. The Morgan fingerprint density at radius 3 is 2.65 bits per heavy atom. The normalized spacial score (nSPS) is 11.0. The number of hydrogen-bond donors (Lipinski definition) is 2. The van der Waals surface area contributed by atoms with Crippen molar-refractivity contribution in [3.8, 4) is 0 Å². The van der Waals surface area contributed by atoms with Crippen LogP contribution >= 0.6 is 11.6 Å². The Hall–Kier alpha value is -3.38. The van der Waals surface area contributed by atoms with Crippen LogP contribution in [0.4, 0.5) is 5.69 Å². The smallest absolute Gasteiger partial charge is 0.251 e. The molecule has 2 aromatic carbocycles. The minimum absolute atomic E-state index is 0.175. The maximum Gasteiger partial charge on any atom is 0.251 e. The maximum absolute atomic E-state index is 12.4. The molecule has 0 bridgehead atoms. The molecule has 0 saturated heterocycles. The number of halogens is 1. The van der Waals surface area contributed by atoms with Gasteiger partial charge >= 0.3 is 0 Å². The molecule has 0 radical (unpaired) electrons. The minimum Gasteiger partial charge on any atom is -0.352 e. The van der Waals surface area contributed by atoms with Crippen molar-refractivity contribution < 1.29 is 9.59 Å². The monoisotopic (exact) mass is 436 g/mol. The Kier molecular flexibility index (Phi) is 7.26. The van der Waals surface area contributed by atoms with E-state index in [9.17, 15) is 9.59 Å². The van der Waals surface area contributed by atoms with Crippen LogP contribution in [0.1, 0.15) is 39.8 Å². The van der Waals surface area contributed by atoms with Crippen molar-refractivity contribution in [2.75, 3.05) is 11.9 Å². The average molecular weight is 437 g/mol. The van der Waals surface area contributed by atoms with Crippen molar-refractivity contribution in [1.82, 2.24) is 15.1 Å². The lowest BCUT2D eigenvalue weighted by Crippen LogP contribution is -2.22. The van der Waals surface area contributed by atoms with Crippen LogP contribution in [0.3, 0.4) is 0 Å². The summed E-state index contributed by atoms with van der Waals surface area (Å²) in [5, 5.41) is 10.8. The van der Waals surface area contributed by atoms with Crippen LogP contribution in [-0.4, -0.2) is 28.1 Å². The highest BCUT2D eigenvalue weighted by Crippen LogP contribution is 2.20. The Balaban J connectivity index is 1.71. The topological polar surface area (TPSA) is 76.0 Å². The largest absolute Gasteiger partial charge is 0.352 e. The quantitative estimate of drug-likeness (QED) is 0.531. The first-order valence-corrected chi connectivity index (χ1v) is 10.4. The summed E-state index contributed by atoms with van der Waals surface area (Å²) in [4.78, 5) is 24.4. The van der Waals surface area contributed by atoms with Crippen LogP contribution in [0.15, 0.2) is 54.6 Å². The summed E-state index contributed by atoms with van der Waals surface area (Å²) in [6.45, 7) is 6.82. The molecule has 0 fully saturated rings. The summed E-state index contributed by atoms with van der Waals surface area (Å²) in [5.74, 6) is -0.461. The van der Waals surface area contributed by atoms with E-state index in [1.54, 1.807) is 30.3 Å². The molecular formula is C24H25ClN4O2. The highest BCUT2D eigenvalue weighted by atomic mass is 35.5. The minimum atomic E-state index is -0.286. The first-order valence-electron chi connectivity index (χ1n) is 10.0. The van der Waals surface area contributed by atoms with Crippen molar-refractivity contribution in [2.24, 2.45) is 0 Å². The van der Waals surface area contributed by atoms with E-state index < -0.39 is 0 Å². The summed E-state index contributed by atoms with van der Waals surface area (Å²) in [5.41, 5.74) is 4.69. The number of aromatic nitrogens is 2. The first-order chi connectivity index (χ1) is 14.9. The molecule has 1 heterocycles. The van der Waals surface area contributed by atoms with Crippen molar-refractivity contribution in [3.63, 3.8) is 0 Å². The van der Waals surface area contributed by atoms with Gasteiger partial charge in [-0.25, -0.2) is 0 Å². The van der Waals surface area contributed by atoms with Gasteiger partial charge in [0.2, 0.25) is 5.91 Å². The summed E-state index contributed by atoms with van der Waals surface area (Å²) >= 11 is 6.27. The number of hydrogen-bond acceptors (Lipinski definition) is 3. The average Bonchev–Trinajstić information content (AvgIpc) is 3.01. The van der Waals surface area contributed by atoms with Gasteiger partial charge in [0.15, 0.2) is 0 Å². The fourth-order valence-corrected chi connectivity index (χ4v) is 3.43. The third-order valence-electron chi connectivity index (χ3n) is 4.85. The van der Waals surface area contributed by atoms with E-state index in [0.717, 1.165) is 22.5 Å².